The lowest BCUT2D eigenvalue weighted by Crippen LogP contribution is -2.54. The lowest BCUT2D eigenvalue weighted by Gasteiger charge is -2.47. The molecule has 6 nitrogen and oxygen atoms in total. The highest BCUT2D eigenvalue weighted by molar-refractivity contribution is 9.10. The van der Waals surface area contributed by atoms with Gasteiger partial charge in [-0.15, -0.1) is 0 Å². The van der Waals surface area contributed by atoms with Crippen LogP contribution in [0.3, 0.4) is 0 Å². The first-order chi connectivity index (χ1) is 15.5. The van der Waals surface area contributed by atoms with Crippen LogP contribution in [0.15, 0.2) is 46.4 Å². The van der Waals surface area contributed by atoms with Gasteiger partial charge in [-0.05, 0) is 93.1 Å². The summed E-state index contributed by atoms with van der Waals surface area (Å²) in [6, 6.07) is 10.6. The number of barbiturate groups is 1. The Morgan fingerprint density at radius 1 is 1.12 bits per heavy atom. The number of nitrogens with zero attached hydrogens (tertiary/aromatic N) is 2. The van der Waals surface area contributed by atoms with Crippen molar-refractivity contribution < 1.29 is 14.4 Å². The van der Waals surface area contributed by atoms with E-state index in [4.69, 9.17) is 0 Å². The van der Waals surface area contributed by atoms with Crippen molar-refractivity contribution in [2.75, 3.05) is 16.3 Å². The third-order valence-electron chi connectivity index (χ3n) is 6.54. The van der Waals surface area contributed by atoms with Gasteiger partial charge in [0.15, 0.2) is 0 Å². The minimum Gasteiger partial charge on any atom is -0.366 e. The summed E-state index contributed by atoms with van der Waals surface area (Å²) in [5.41, 5.74) is 4.33. The van der Waals surface area contributed by atoms with Gasteiger partial charge in [-0.1, -0.05) is 28.9 Å². The standard InChI is InChI=1S/C26H28BrN3O3/c1-6-29-22-9-7-17(12-19(22)16(3)14-26(29,4)5)13-20-23(31)28-25(33)30(24(20)32)21-10-8-18(27)11-15(21)2/h7-13,16H,6,14H2,1-5H3,(H,28,31,33)/b20-13+/t16-/m1/s1. The summed E-state index contributed by atoms with van der Waals surface area (Å²) in [6.45, 7) is 11.6. The Hall–Kier alpha value is -2.93. The molecular weight excluding hydrogens is 482 g/mol. The van der Waals surface area contributed by atoms with Crippen LogP contribution in [0.2, 0.25) is 0 Å². The SMILES string of the molecule is CCN1c2ccc(/C=C3\C(=O)NC(=O)N(c4ccc(Br)cc4C)C3=O)cc2[C@H](C)CC1(C)C. The molecule has 0 spiro atoms. The molecule has 2 aromatic rings. The number of anilines is 2. The van der Waals surface area contributed by atoms with Gasteiger partial charge in [0.2, 0.25) is 0 Å². The van der Waals surface area contributed by atoms with Crippen molar-refractivity contribution in [3.05, 3.63) is 63.1 Å². The highest BCUT2D eigenvalue weighted by Gasteiger charge is 2.38. The summed E-state index contributed by atoms with van der Waals surface area (Å²) in [5.74, 6) is -0.968. The van der Waals surface area contributed by atoms with Crippen LogP contribution in [0.25, 0.3) is 6.08 Å². The highest BCUT2D eigenvalue weighted by Crippen LogP contribution is 2.43. The van der Waals surface area contributed by atoms with Gasteiger partial charge in [0.1, 0.15) is 5.57 Å². The van der Waals surface area contributed by atoms with Gasteiger partial charge in [-0.3, -0.25) is 14.9 Å². The number of hydrogen-bond donors (Lipinski definition) is 1. The number of benzene rings is 2. The second kappa shape index (κ2) is 8.45. The first-order valence-corrected chi connectivity index (χ1v) is 11.9. The maximum absolute atomic E-state index is 13.3. The minimum absolute atomic E-state index is 0.0593. The average Bonchev–Trinajstić information content (AvgIpc) is 2.72. The number of nitrogens with one attached hydrogen (secondary N) is 1. The summed E-state index contributed by atoms with van der Waals surface area (Å²) in [5, 5.41) is 2.31. The first kappa shape index (κ1) is 23.2. The number of halogens is 1. The molecular formula is C26H28BrN3O3. The van der Waals surface area contributed by atoms with E-state index in [-0.39, 0.29) is 11.1 Å². The molecule has 2 aliphatic rings. The van der Waals surface area contributed by atoms with Crippen LogP contribution in [0, 0.1) is 6.92 Å². The van der Waals surface area contributed by atoms with Gasteiger partial charge < -0.3 is 4.90 Å². The normalized spacial score (nSPS) is 21.3. The summed E-state index contributed by atoms with van der Waals surface area (Å²) >= 11 is 3.39. The van der Waals surface area contributed by atoms with Crippen molar-refractivity contribution in [1.82, 2.24) is 5.32 Å². The van der Waals surface area contributed by atoms with Gasteiger partial charge >= 0.3 is 6.03 Å². The van der Waals surface area contributed by atoms with Crippen LogP contribution in [0.5, 0.6) is 0 Å². The molecule has 0 saturated carbocycles. The smallest absolute Gasteiger partial charge is 0.335 e. The maximum Gasteiger partial charge on any atom is 0.335 e. The van der Waals surface area contributed by atoms with Crippen LogP contribution in [-0.4, -0.2) is 29.9 Å². The van der Waals surface area contributed by atoms with Crippen molar-refractivity contribution in [1.29, 1.82) is 0 Å². The topological polar surface area (TPSA) is 69.7 Å². The van der Waals surface area contributed by atoms with Gasteiger partial charge in [-0.25, -0.2) is 9.69 Å². The van der Waals surface area contributed by atoms with Gasteiger partial charge in [0, 0.05) is 22.2 Å². The largest absolute Gasteiger partial charge is 0.366 e. The predicted molar refractivity (Wildman–Crippen MR) is 134 cm³/mol. The average molecular weight is 510 g/mol. The zero-order chi connectivity index (χ0) is 24.1. The number of urea groups is 1. The summed E-state index contributed by atoms with van der Waals surface area (Å²) in [7, 11) is 0. The number of imide groups is 2. The molecule has 0 bridgehead atoms. The lowest BCUT2D eigenvalue weighted by atomic mass is 9.79. The number of carbonyl (C=O) groups excluding carboxylic acids is 3. The minimum atomic E-state index is -0.743. The van der Waals surface area contributed by atoms with Crippen LogP contribution in [0.1, 0.15) is 56.7 Å². The molecule has 0 radical (unpaired) electrons. The second-order valence-corrected chi connectivity index (χ2v) is 10.3. The molecule has 33 heavy (non-hydrogen) atoms. The quantitative estimate of drug-likeness (QED) is 0.435. The molecule has 7 heteroatoms. The van der Waals surface area contributed by atoms with E-state index in [9.17, 15) is 14.4 Å². The predicted octanol–water partition coefficient (Wildman–Crippen LogP) is 5.54. The maximum atomic E-state index is 13.3. The van der Waals surface area contributed by atoms with E-state index in [1.807, 2.05) is 19.1 Å². The fraction of sp³-hybridized carbons (Fsp3) is 0.346. The van der Waals surface area contributed by atoms with E-state index in [0.29, 0.717) is 11.6 Å². The molecule has 4 rings (SSSR count). The van der Waals surface area contributed by atoms with E-state index in [1.54, 1.807) is 18.2 Å². The fourth-order valence-corrected chi connectivity index (χ4v) is 5.59. The Labute approximate surface area is 202 Å². The molecule has 0 unspecified atom stereocenters. The van der Waals surface area contributed by atoms with Crippen LogP contribution in [-0.2, 0) is 9.59 Å². The van der Waals surface area contributed by atoms with Crippen LogP contribution < -0.4 is 15.1 Å². The van der Waals surface area contributed by atoms with Crippen molar-refractivity contribution >= 4 is 51.2 Å². The number of aryl methyl sites for hydroxylation is 1. The van der Waals surface area contributed by atoms with E-state index in [2.05, 4.69) is 66.0 Å². The Kier molecular flexibility index (Phi) is 5.95. The third-order valence-corrected chi connectivity index (χ3v) is 7.03. The number of rotatable bonds is 3. The Balaban J connectivity index is 1.74. The molecule has 1 saturated heterocycles. The Morgan fingerprint density at radius 3 is 2.48 bits per heavy atom. The van der Waals surface area contributed by atoms with Crippen molar-refractivity contribution in [3.8, 4) is 0 Å². The summed E-state index contributed by atoms with van der Waals surface area (Å²) in [6.07, 6.45) is 2.59. The fourth-order valence-electron chi connectivity index (χ4n) is 5.11. The van der Waals surface area contributed by atoms with Crippen LogP contribution in [0.4, 0.5) is 16.2 Å². The second-order valence-electron chi connectivity index (χ2n) is 9.37. The molecule has 4 amide bonds. The Bertz CT molecular complexity index is 1200. The van der Waals surface area contributed by atoms with Crippen molar-refractivity contribution in [3.63, 3.8) is 0 Å². The van der Waals surface area contributed by atoms with Crippen LogP contribution >= 0.6 is 15.9 Å². The van der Waals surface area contributed by atoms with E-state index in [0.717, 1.165) is 33.5 Å². The molecule has 0 aliphatic carbocycles. The van der Waals surface area contributed by atoms with Gasteiger partial charge in [-0.2, -0.15) is 0 Å². The highest BCUT2D eigenvalue weighted by atomic mass is 79.9. The molecule has 172 valence electrons. The number of fused-ring (bicyclic) bond motifs is 1. The summed E-state index contributed by atoms with van der Waals surface area (Å²) < 4.78 is 0.841. The monoisotopic (exact) mass is 509 g/mol. The first-order valence-electron chi connectivity index (χ1n) is 11.1. The van der Waals surface area contributed by atoms with Gasteiger partial charge in [0.05, 0.1) is 5.69 Å². The van der Waals surface area contributed by atoms with E-state index >= 15 is 0 Å². The molecule has 2 heterocycles. The summed E-state index contributed by atoms with van der Waals surface area (Å²) in [4.78, 5) is 41.9. The number of hydrogen-bond acceptors (Lipinski definition) is 4. The van der Waals surface area contributed by atoms with E-state index < -0.39 is 17.8 Å². The molecule has 2 aromatic carbocycles. The molecule has 1 N–H and O–H groups in total. The van der Waals surface area contributed by atoms with Crippen molar-refractivity contribution in [2.45, 2.75) is 52.5 Å². The zero-order valence-corrected chi connectivity index (χ0v) is 21.1. The molecule has 1 fully saturated rings. The van der Waals surface area contributed by atoms with Gasteiger partial charge in [0.25, 0.3) is 11.8 Å². The molecule has 2 aliphatic heterocycles. The third kappa shape index (κ3) is 4.10. The van der Waals surface area contributed by atoms with Crippen molar-refractivity contribution in [2.24, 2.45) is 0 Å². The molecule has 0 aromatic heterocycles. The molecule has 1 atom stereocenters. The lowest BCUT2D eigenvalue weighted by molar-refractivity contribution is -0.122. The van der Waals surface area contributed by atoms with E-state index in [1.165, 1.54) is 11.3 Å². The zero-order valence-electron chi connectivity index (χ0n) is 19.5. The number of carbonyl (C=O) groups is 3. The Morgan fingerprint density at radius 2 is 1.82 bits per heavy atom. The number of amides is 4.